The van der Waals surface area contributed by atoms with Gasteiger partial charge in [0.15, 0.2) is 6.61 Å². The van der Waals surface area contributed by atoms with Gasteiger partial charge >= 0.3 is 5.97 Å². The number of carbonyl (C=O) groups excluding carboxylic acids is 1. The lowest BCUT2D eigenvalue weighted by atomic mass is 10.1. The van der Waals surface area contributed by atoms with Gasteiger partial charge < -0.3 is 19.1 Å². The first kappa shape index (κ1) is 17.5. The summed E-state index contributed by atoms with van der Waals surface area (Å²) in [5.41, 5.74) is 0.738. The molecule has 7 nitrogen and oxygen atoms in total. The van der Waals surface area contributed by atoms with E-state index in [1.807, 2.05) is 36.4 Å². The Labute approximate surface area is 160 Å². The number of para-hydroxylation sites is 1. The summed E-state index contributed by atoms with van der Waals surface area (Å²) in [6.07, 6.45) is 0. The number of fused-ring (bicyclic) bond motifs is 1. The Bertz CT molecular complexity index is 1150. The largest absolute Gasteiger partial charge is 0.507 e. The van der Waals surface area contributed by atoms with E-state index in [-0.39, 0.29) is 23.8 Å². The van der Waals surface area contributed by atoms with Crippen molar-refractivity contribution in [3.05, 3.63) is 72.1 Å². The number of phenolic OH excluding ortho intramolecular Hbond substituents is 1. The smallest absolute Gasteiger partial charge is 0.342 e. The summed E-state index contributed by atoms with van der Waals surface area (Å²) in [6, 6.07) is 17.8. The van der Waals surface area contributed by atoms with Crippen LogP contribution in [0.15, 0.2) is 65.2 Å². The van der Waals surface area contributed by atoms with Crippen LogP contribution in [0.1, 0.15) is 16.2 Å². The molecular weight excluding hydrogens is 360 g/mol. The predicted molar refractivity (Wildman–Crippen MR) is 101 cm³/mol. The molecule has 140 valence electrons. The highest BCUT2D eigenvalue weighted by atomic mass is 16.6. The topological polar surface area (TPSA) is 94.7 Å². The number of esters is 1. The van der Waals surface area contributed by atoms with Crippen LogP contribution in [0.5, 0.6) is 11.5 Å². The van der Waals surface area contributed by atoms with E-state index in [4.69, 9.17) is 14.0 Å². The number of benzene rings is 3. The van der Waals surface area contributed by atoms with Gasteiger partial charge in [0.25, 0.3) is 5.89 Å². The number of phenols is 1. The van der Waals surface area contributed by atoms with Gasteiger partial charge in [0.1, 0.15) is 17.1 Å². The Morgan fingerprint density at radius 3 is 2.57 bits per heavy atom. The Hall–Kier alpha value is -3.87. The summed E-state index contributed by atoms with van der Waals surface area (Å²) in [6.45, 7) is -0.215. The second-order valence-corrected chi connectivity index (χ2v) is 6.00. The number of aromatic hydroxyl groups is 1. The standard InChI is InChI=1S/C21H16N2O5/c1-26-18-9-5-4-8-15(18)20-22-19(28-23-20)12-27-21(25)16-10-13-6-2-3-7-14(13)11-17(16)24/h2-11,24H,12H2,1H3. The van der Waals surface area contributed by atoms with Gasteiger partial charge in [0.05, 0.1) is 12.7 Å². The second kappa shape index (κ2) is 7.40. The normalized spacial score (nSPS) is 10.8. The van der Waals surface area contributed by atoms with Crippen molar-refractivity contribution >= 4 is 16.7 Å². The van der Waals surface area contributed by atoms with Crippen molar-refractivity contribution in [2.24, 2.45) is 0 Å². The molecule has 0 radical (unpaired) electrons. The van der Waals surface area contributed by atoms with E-state index in [1.54, 1.807) is 25.3 Å². The lowest BCUT2D eigenvalue weighted by Crippen LogP contribution is -2.06. The van der Waals surface area contributed by atoms with E-state index in [2.05, 4.69) is 10.1 Å². The summed E-state index contributed by atoms with van der Waals surface area (Å²) >= 11 is 0. The Balaban J connectivity index is 1.50. The molecule has 28 heavy (non-hydrogen) atoms. The summed E-state index contributed by atoms with van der Waals surface area (Å²) in [4.78, 5) is 16.6. The zero-order chi connectivity index (χ0) is 19.5. The molecule has 1 aromatic heterocycles. The maximum atomic E-state index is 12.4. The molecule has 0 bridgehead atoms. The number of hydrogen-bond donors (Lipinski definition) is 1. The molecule has 0 atom stereocenters. The summed E-state index contributed by atoms with van der Waals surface area (Å²) in [7, 11) is 1.55. The lowest BCUT2D eigenvalue weighted by Gasteiger charge is -2.06. The third-order valence-corrected chi connectivity index (χ3v) is 4.23. The van der Waals surface area contributed by atoms with Crippen molar-refractivity contribution in [1.29, 1.82) is 0 Å². The second-order valence-electron chi connectivity index (χ2n) is 6.00. The third-order valence-electron chi connectivity index (χ3n) is 4.23. The lowest BCUT2D eigenvalue weighted by molar-refractivity contribution is 0.0427. The number of ether oxygens (including phenoxy) is 2. The maximum absolute atomic E-state index is 12.4. The molecule has 1 heterocycles. The number of nitrogens with zero attached hydrogens (tertiary/aromatic N) is 2. The monoisotopic (exact) mass is 376 g/mol. The predicted octanol–water partition coefficient (Wildman–Crippen LogP) is 3.96. The zero-order valence-electron chi connectivity index (χ0n) is 15.0. The van der Waals surface area contributed by atoms with E-state index in [9.17, 15) is 9.90 Å². The minimum Gasteiger partial charge on any atom is -0.507 e. The van der Waals surface area contributed by atoms with Crippen LogP contribution >= 0.6 is 0 Å². The van der Waals surface area contributed by atoms with Crippen LogP contribution in [-0.4, -0.2) is 28.3 Å². The van der Waals surface area contributed by atoms with Gasteiger partial charge in [0, 0.05) is 0 Å². The van der Waals surface area contributed by atoms with Crippen LogP contribution in [0.3, 0.4) is 0 Å². The molecule has 4 aromatic rings. The molecule has 3 aromatic carbocycles. The molecular formula is C21H16N2O5. The molecule has 4 rings (SSSR count). The van der Waals surface area contributed by atoms with Gasteiger partial charge in [0.2, 0.25) is 5.82 Å². The highest BCUT2D eigenvalue weighted by molar-refractivity contribution is 5.98. The zero-order valence-corrected chi connectivity index (χ0v) is 15.0. The number of hydrogen-bond acceptors (Lipinski definition) is 7. The molecule has 0 amide bonds. The quantitative estimate of drug-likeness (QED) is 0.527. The van der Waals surface area contributed by atoms with Crippen LogP contribution in [0.4, 0.5) is 0 Å². The van der Waals surface area contributed by atoms with Crippen molar-refractivity contribution in [1.82, 2.24) is 10.1 Å². The molecule has 0 spiro atoms. The molecule has 0 fully saturated rings. The fourth-order valence-corrected chi connectivity index (χ4v) is 2.85. The van der Waals surface area contributed by atoms with Gasteiger partial charge in [-0.05, 0) is 35.0 Å². The highest BCUT2D eigenvalue weighted by Gasteiger charge is 2.17. The molecule has 0 aliphatic rings. The van der Waals surface area contributed by atoms with Crippen molar-refractivity contribution < 1.29 is 23.9 Å². The molecule has 7 heteroatoms. The molecule has 1 N–H and O–H groups in total. The summed E-state index contributed by atoms with van der Waals surface area (Å²) < 4.78 is 15.7. The van der Waals surface area contributed by atoms with Gasteiger partial charge in [-0.3, -0.25) is 0 Å². The van der Waals surface area contributed by atoms with Gasteiger partial charge in [-0.15, -0.1) is 0 Å². The van der Waals surface area contributed by atoms with E-state index in [0.717, 1.165) is 10.8 Å². The number of rotatable bonds is 5. The fourth-order valence-electron chi connectivity index (χ4n) is 2.85. The Morgan fingerprint density at radius 1 is 1.07 bits per heavy atom. The summed E-state index contributed by atoms with van der Waals surface area (Å²) in [5.74, 6) is 0.240. The molecule has 0 unspecified atom stereocenters. The maximum Gasteiger partial charge on any atom is 0.342 e. The van der Waals surface area contributed by atoms with Crippen LogP contribution < -0.4 is 4.74 Å². The van der Waals surface area contributed by atoms with Crippen molar-refractivity contribution in [3.63, 3.8) is 0 Å². The van der Waals surface area contributed by atoms with Crippen molar-refractivity contribution in [3.8, 4) is 22.9 Å². The van der Waals surface area contributed by atoms with Crippen LogP contribution in [-0.2, 0) is 11.3 Å². The van der Waals surface area contributed by atoms with Crippen LogP contribution in [0.2, 0.25) is 0 Å². The molecule has 0 aliphatic heterocycles. The van der Waals surface area contributed by atoms with Crippen molar-refractivity contribution in [2.45, 2.75) is 6.61 Å². The average Bonchev–Trinajstić information content (AvgIpc) is 3.20. The third kappa shape index (κ3) is 3.37. The van der Waals surface area contributed by atoms with E-state index >= 15 is 0 Å². The van der Waals surface area contributed by atoms with Crippen LogP contribution in [0.25, 0.3) is 22.2 Å². The first-order valence-electron chi connectivity index (χ1n) is 8.50. The van der Waals surface area contributed by atoms with E-state index in [1.165, 1.54) is 6.07 Å². The SMILES string of the molecule is COc1ccccc1-c1noc(COC(=O)c2cc3ccccc3cc2O)n1. The highest BCUT2D eigenvalue weighted by Crippen LogP contribution is 2.28. The molecule has 0 saturated heterocycles. The number of carbonyl (C=O) groups is 1. The molecule has 0 aliphatic carbocycles. The minimum absolute atomic E-state index is 0.0724. The first-order valence-corrected chi connectivity index (χ1v) is 8.50. The van der Waals surface area contributed by atoms with Crippen molar-refractivity contribution in [2.75, 3.05) is 7.11 Å². The van der Waals surface area contributed by atoms with Gasteiger partial charge in [-0.25, -0.2) is 4.79 Å². The van der Waals surface area contributed by atoms with E-state index in [0.29, 0.717) is 17.1 Å². The van der Waals surface area contributed by atoms with Gasteiger partial charge in [-0.2, -0.15) is 4.98 Å². The van der Waals surface area contributed by atoms with Crippen LogP contribution in [0, 0.1) is 0 Å². The number of methoxy groups -OCH3 is 1. The number of aromatic nitrogens is 2. The first-order chi connectivity index (χ1) is 13.7. The Morgan fingerprint density at radius 2 is 1.79 bits per heavy atom. The minimum atomic E-state index is -0.680. The fraction of sp³-hybridized carbons (Fsp3) is 0.0952. The summed E-state index contributed by atoms with van der Waals surface area (Å²) in [5, 5.41) is 15.7. The van der Waals surface area contributed by atoms with Gasteiger partial charge in [-0.1, -0.05) is 41.6 Å². The van der Waals surface area contributed by atoms with E-state index < -0.39 is 5.97 Å². The Kier molecular flexibility index (Phi) is 4.63. The molecule has 0 saturated carbocycles. The average molecular weight is 376 g/mol.